The molecule has 0 amide bonds. The van der Waals surface area contributed by atoms with E-state index in [4.69, 9.17) is 10.5 Å². The van der Waals surface area contributed by atoms with Crippen LogP contribution in [-0.4, -0.2) is 18.2 Å². The van der Waals surface area contributed by atoms with E-state index in [1.54, 1.807) is 0 Å². The molecule has 0 radical (unpaired) electrons. The molecule has 0 bridgehead atoms. The Kier molecular flexibility index (Phi) is 3.13. The Morgan fingerprint density at radius 1 is 1.17 bits per heavy atom. The Bertz CT molecular complexity index is 144. The molecular formula is C10H21NO. The lowest BCUT2D eigenvalue weighted by Crippen LogP contribution is -2.52. The molecule has 1 heterocycles. The highest BCUT2D eigenvalue weighted by Crippen LogP contribution is 2.30. The first-order chi connectivity index (χ1) is 5.57. The van der Waals surface area contributed by atoms with Crippen LogP contribution in [0.5, 0.6) is 0 Å². The van der Waals surface area contributed by atoms with Gasteiger partial charge in [-0.05, 0) is 25.2 Å². The van der Waals surface area contributed by atoms with Crippen molar-refractivity contribution in [2.45, 2.75) is 52.4 Å². The molecule has 2 nitrogen and oxygen atoms in total. The minimum absolute atomic E-state index is 0.211. The molecule has 1 rings (SSSR count). The summed E-state index contributed by atoms with van der Waals surface area (Å²) in [4.78, 5) is 0. The van der Waals surface area contributed by atoms with E-state index >= 15 is 0 Å². The average Bonchev–Trinajstić information content (AvgIpc) is 2.08. The summed E-state index contributed by atoms with van der Waals surface area (Å²) in [5.74, 6) is 1.18. The topological polar surface area (TPSA) is 35.2 Å². The van der Waals surface area contributed by atoms with E-state index in [-0.39, 0.29) is 12.1 Å². The Hall–Kier alpha value is -0.0800. The van der Waals surface area contributed by atoms with E-state index in [1.165, 1.54) is 0 Å². The maximum absolute atomic E-state index is 6.00. The van der Waals surface area contributed by atoms with Gasteiger partial charge in [-0.3, -0.25) is 0 Å². The molecule has 1 aliphatic rings. The average molecular weight is 171 g/mol. The van der Waals surface area contributed by atoms with Crippen molar-refractivity contribution in [2.24, 2.45) is 17.6 Å². The van der Waals surface area contributed by atoms with E-state index < -0.39 is 0 Å². The van der Waals surface area contributed by atoms with Crippen LogP contribution in [0.1, 0.15) is 34.1 Å². The summed E-state index contributed by atoms with van der Waals surface area (Å²) in [7, 11) is 0. The summed E-state index contributed by atoms with van der Waals surface area (Å²) in [6.07, 6.45) is 1.73. The van der Waals surface area contributed by atoms with Crippen molar-refractivity contribution in [3.8, 4) is 0 Å². The van der Waals surface area contributed by atoms with E-state index in [1.807, 2.05) is 0 Å². The quantitative estimate of drug-likeness (QED) is 0.652. The van der Waals surface area contributed by atoms with E-state index in [0.717, 1.165) is 6.42 Å². The van der Waals surface area contributed by atoms with Crippen molar-refractivity contribution >= 4 is 0 Å². The molecule has 2 N–H and O–H groups in total. The molecular weight excluding hydrogens is 150 g/mol. The van der Waals surface area contributed by atoms with Crippen LogP contribution in [0.4, 0.5) is 0 Å². The van der Waals surface area contributed by atoms with Gasteiger partial charge in [0.2, 0.25) is 0 Å². The Balaban J connectivity index is 2.63. The largest absolute Gasteiger partial charge is 0.373 e. The van der Waals surface area contributed by atoms with Crippen LogP contribution in [0.3, 0.4) is 0 Å². The fourth-order valence-electron chi connectivity index (χ4n) is 2.07. The van der Waals surface area contributed by atoms with Crippen molar-refractivity contribution < 1.29 is 4.74 Å². The zero-order valence-corrected chi connectivity index (χ0v) is 8.58. The van der Waals surface area contributed by atoms with Crippen molar-refractivity contribution in [1.29, 1.82) is 0 Å². The highest BCUT2D eigenvalue weighted by atomic mass is 16.5. The Labute approximate surface area is 75.5 Å². The molecule has 5 atom stereocenters. The lowest BCUT2D eigenvalue weighted by Gasteiger charge is -2.42. The zero-order valence-electron chi connectivity index (χ0n) is 8.58. The van der Waals surface area contributed by atoms with Gasteiger partial charge in [0.1, 0.15) is 0 Å². The standard InChI is InChI=1S/C10H21NO/c1-5-9-6(2)7(3)10(11)8(4)12-9/h6-10H,5,11H2,1-4H3/t6?,7-,8-,9+,10?/m0/s1. The first-order valence-corrected chi connectivity index (χ1v) is 4.99. The zero-order chi connectivity index (χ0) is 9.30. The molecule has 0 aromatic heterocycles. The predicted octanol–water partition coefficient (Wildman–Crippen LogP) is 1.78. The van der Waals surface area contributed by atoms with E-state index in [0.29, 0.717) is 17.9 Å². The first kappa shape index (κ1) is 10.0. The minimum atomic E-state index is 0.211. The summed E-state index contributed by atoms with van der Waals surface area (Å²) >= 11 is 0. The monoisotopic (exact) mass is 171 g/mol. The van der Waals surface area contributed by atoms with E-state index in [9.17, 15) is 0 Å². The van der Waals surface area contributed by atoms with Crippen LogP contribution in [0.15, 0.2) is 0 Å². The smallest absolute Gasteiger partial charge is 0.0704 e. The molecule has 0 aromatic carbocycles. The number of hydrogen-bond donors (Lipinski definition) is 1. The number of rotatable bonds is 1. The van der Waals surface area contributed by atoms with Gasteiger partial charge in [0.05, 0.1) is 12.2 Å². The molecule has 1 aliphatic heterocycles. The van der Waals surface area contributed by atoms with Crippen LogP contribution in [0, 0.1) is 11.8 Å². The summed E-state index contributed by atoms with van der Waals surface area (Å²) in [6.45, 7) is 8.73. The molecule has 0 aliphatic carbocycles. The van der Waals surface area contributed by atoms with Crippen LogP contribution in [0.2, 0.25) is 0 Å². The van der Waals surface area contributed by atoms with Gasteiger partial charge in [-0.1, -0.05) is 20.8 Å². The second-order valence-electron chi connectivity index (χ2n) is 4.08. The van der Waals surface area contributed by atoms with Crippen LogP contribution in [-0.2, 0) is 4.74 Å². The third-order valence-corrected chi connectivity index (χ3v) is 3.36. The molecule has 2 heteroatoms. The lowest BCUT2D eigenvalue weighted by molar-refractivity contribution is -0.105. The number of hydrogen-bond acceptors (Lipinski definition) is 2. The maximum Gasteiger partial charge on any atom is 0.0704 e. The van der Waals surface area contributed by atoms with Crippen molar-refractivity contribution in [3.63, 3.8) is 0 Å². The molecule has 72 valence electrons. The summed E-state index contributed by atoms with van der Waals surface area (Å²) in [5.41, 5.74) is 6.00. The third-order valence-electron chi connectivity index (χ3n) is 3.36. The number of nitrogens with two attached hydrogens (primary N) is 1. The van der Waals surface area contributed by atoms with Gasteiger partial charge in [-0.25, -0.2) is 0 Å². The van der Waals surface area contributed by atoms with Gasteiger partial charge in [-0.2, -0.15) is 0 Å². The molecule has 1 saturated heterocycles. The summed E-state index contributed by atoms with van der Waals surface area (Å²) < 4.78 is 5.81. The Morgan fingerprint density at radius 2 is 1.75 bits per heavy atom. The van der Waals surface area contributed by atoms with E-state index in [2.05, 4.69) is 27.7 Å². The maximum atomic E-state index is 6.00. The van der Waals surface area contributed by atoms with Crippen molar-refractivity contribution in [2.75, 3.05) is 0 Å². The first-order valence-electron chi connectivity index (χ1n) is 4.99. The summed E-state index contributed by atoms with van der Waals surface area (Å²) in [5, 5.41) is 0. The summed E-state index contributed by atoms with van der Waals surface area (Å²) in [6, 6.07) is 0.211. The lowest BCUT2D eigenvalue weighted by atomic mass is 9.80. The normalized spacial score (nSPS) is 49.2. The molecule has 0 saturated carbocycles. The van der Waals surface area contributed by atoms with Crippen molar-refractivity contribution in [3.05, 3.63) is 0 Å². The minimum Gasteiger partial charge on any atom is -0.373 e. The second kappa shape index (κ2) is 3.75. The van der Waals surface area contributed by atoms with Gasteiger partial charge < -0.3 is 10.5 Å². The van der Waals surface area contributed by atoms with Crippen LogP contribution in [0.25, 0.3) is 0 Å². The van der Waals surface area contributed by atoms with Crippen LogP contribution >= 0.6 is 0 Å². The third kappa shape index (κ3) is 1.64. The molecule has 1 fully saturated rings. The second-order valence-corrected chi connectivity index (χ2v) is 4.08. The predicted molar refractivity (Wildman–Crippen MR) is 50.9 cm³/mol. The van der Waals surface area contributed by atoms with Gasteiger partial charge >= 0.3 is 0 Å². The molecule has 12 heavy (non-hydrogen) atoms. The SMILES string of the molecule is CC[C@H]1O[C@@H](C)C(N)[C@@H](C)C1C. The van der Waals surface area contributed by atoms with Crippen molar-refractivity contribution in [1.82, 2.24) is 0 Å². The highest BCUT2D eigenvalue weighted by molar-refractivity contribution is 4.87. The fraction of sp³-hybridized carbons (Fsp3) is 1.00. The van der Waals surface area contributed by atoms with Gasteiger partial charge in [0.15, 0.2) is 0 Å². The molecule has 0 aromatic rings. The highest BCUT2D eigenvalue weighted by Gasteiger charge is 2.36. The molecule has 2 unspecified atom stereocenters. The number of ether oxygens (including phenoxy) is 1. The van der Waals surface area contributed by atoms with Crippen LogP contribution < -0.4 is 5.73 Å². The van der Waals surface area contributed by atoms with Gasteiger partial charge in [-0.15, -0.1) is 0 Å². The van der Waals surface area contributed by atoms with Gasteiger partial charge in [0, 0.05) is 6.04 Å². The van der Waals surface area contributed by atoms with Gasteiger partial charge in [0.25, 0.3) is 0 Å². The fourth-order valence-corrected chi connectivity index (χ4v) is 2.07. The molecule has 0 spiro atoms. The Morgan fingerprint density at radius 3 is 2.25 bits per heavy atom.